The Morgan fingerprint density at radius 2 is 2.00 bits per heavy atom. The summed E-state index contributed by atoms with van der Waals surface area (Å²) in [5.41, 5.74) is 7.05. The van der Waals surface area contributed by atoms with E-state index in [0.29, 0.717) is 26.3 Å². The van der Waals surface area contributed by atoms with E-state index in [1.54, 1.807) is 0 Å². The molecule has 1 fully saturated rings. The summed E-state index contributed by atoms with van der Waals surface area (Å²) < 4.78 is 5.28. The predicted molar refractivity (Wildman–Crippen MR) is 83.0 cm³/mol. The molecule has 1 aromatic rings. The molecule has 0 bridgehead atoms. The van der Waals surface area contributed by atoms with Crippen LogP contribution in [0.15, 0.2) is 30.3 Å². The Morgan fingerprint density at radius 3 is 2.67 bits per heavy atom. The summed E-state index contributed by atoms with van der Waals surface area (Å²) in [6, 6.07) is 10.3. The van der Waals surface area contributed by atoms with Gasteiger partial charge in [0.15, 0.2) is 0 Å². The van der Waals surface area contributed by atoms with Crippen molar-refractivity contribution in [3.63, 3.8) is 0 Å². The first-order chi connectivity index (χ1) is 10.3. The zero-order chi connectivity index (χ0) is 14.9. The minimum Gasteiger partial charge on any atom is -0.379 e. The van der Waals surface area contributed by atoms with E-state index in [0.717, 1.165) is 25.9 Å². The molecule has 1 atom stereocenters. The number of hydrogen-bond acceptors (Lipinski definition) is 4. The van der Waals surface area contributed by atoms with Crippen LogP contribution in [0.1, 0.15) is 12.0 Å². The number of nitrogens with two attached hydrogens (primary N) is 1. The lowest BCUT2D eigenvalue weighted by Crippen LogP contribution is -2.47. The largest absolute Gasteiger partial charge is 0.379 e. The highest BCUT2D eigenvalue weighted by Gasteiger charge is 2.16. The summed E-state index contributed by atoms with van der Waals surface area (Å²) in [5.74, 6) is 0.0559. The van der Waals surface area contributed by atoms with Gasteiger partial charge in [-0.1, -0.05) is 30.3 Å². The van der Waals surface area contributed by atoms with Gasteiger partial charge in [-0.2, -0.15) is 0 Å². The number of benzene rings is 1. The molecule has 5 nitrogen and oxygen atoms in total. The van der Waals surface area contributed by atoms with Gasteiger partial charge in [0.1, 0.15) is 0 Å². The number of ether oxygens (including phenoxy) is 1. The summed E-state index contributed by atoms with van der Waals surface area (Å²) in [5, 5.41) is 3.04. The molecule has 1 aliphatic heterocycles. The Labute approximate surface area is 126 Å². The van der Waals surface area contributed by atoms with Crippen LogP contribution in [0.3, 0.4) is 0 Å². The Balaban J connectivity index is 1.72. The molecule has 0 radical (unpaired) electrons. The van der Waals surface area contributed by atoms with E-state index in [-0.39, 0.29) is 11.9 Å². The molecule has 0 aromatic heterocycles. The molecule has 1 heterocycles. The molecule has 3 N–H and O–H groups in total. The zero-order valence-corrected chi connectivity index (χ0v) is 12.5. The number of nitrogens with zero attached hydrogens (tertiary/aromatic N) is 1. The molecular formula is C16H25N3O2. The fourth-order valence-corrected chi connectivity index (χ4v) is 2.47. The van der Waals surface area contributed by atoms with Crippen LogP contribution in [0.5, 0.6) is 0 Å². The van der Waals surface area contributed by atoms with Gasteiger partial charge in [0.25, 0.3) is 0 Å². The highest BCUT2D eigenvalue weighted by molar-refractivity contribution is 5.78. The van der Waals surface area contributed by atoms with Gasteiger partial charge in [0.2, 0.25) is 5.91 Å². The number of carbonyl (C=O) groups excluding carboxylic acids is 1. The minimum absolute atomic E-state index is 0.0405. The highest BCUT2D eigenvalue weighted by atomic mass is 16.5. The molecule has 1 aliphatic rings. The molecule has 0 unspecified atom stereocenters. The van der Waals surface area contributed by atoms with E-state index in [1.165, 1.54) is 5.56 Å². The van der Waals surface area contributed by atoms with Crippen LogP contribution in [-0.2, 0) is 16.0 Å². The number of hydrogen-bond donors (Lipinski definition) is 2. The van der Waals surface area contributed by atoms with Gasteiger partial charge < -0.3 is 15.8 Å². The van der Waals surface area contributed by atoms with E-state index in [9.17, 15) is 4.79 Å². The number of amides is 1. The third kappa shape index (κ3) is 5.83. The number of rotatable bonds is 7. The van der Waals surface area contributed by atoms with Gasteiger partial charge in [-0.05, 0) is 18.4 Å². The van der Waals surface area contributed by atoms with Gasteiger partial charge in [-0.25, -0.2) is 0 Å². The van der Waals surface area contributed by atoms with Crippen molar-refractivity contribution in [3.8, 4) is 0 Å². The lowest BCUT2D eigenvalue weighted by molar-refractivity contribution is -0.123. The summed E-state index contributed by atoms with van der Waals surface area (Å²) in [6.45, 7) is 3.98. The molecule has 21 heavy (non-hydrogen) atoms. The van der Waals surface area contributed by atoms with Crippen molar-refractivity contribution in [2.24, 2.45) is 5.73 Å². The number of nitrogens with one attached hydrogen (secondary N) is 1. The molecule has 1 amide bonds. The molecule has 1 aromatic carbocycles. The van der Waals surface area contributed by atoms with Crippen LogP contribution in [0, 0.1) is 0 Å². The summed E-state index contributed by atoms with van der Waals surface area (Å²) >= 11 is 0. The van der Waals surface area contributed by atoms with Crippen molar-refractivity contribution < 1.29 is 9.53 Å². The first-order valence-electron chi connectivity index (χ1n) is 7.61. The normalized spacial score (nSPS) is 17.4. The van der Waals surface area contributed by atoms with Crippen LogP contribution in [0.4, 0.5) is 0 Å². The molecule has 2 rings (SSSR count). The predicted octanol–water partition coefficient (Wildman–Crippen LogP) is 0.395. The van der Waals surface area contributed by atoms with Crippen molar-refractivity contribution in [3.05, 3.63) is 35.9 Å². The second kappa shape index (κ2) is 8.77. The maximum atomic E-state index is 12.0. The van der Waals surface area contributed by atoms with E-state index in [2.05, 4.69) is 22.3 Å². The van der Waals surface area contributed by atoms with Crippen molar-refractivity contribution in [1.82, 2.24) is 10.2 Å². The highest BCUT2D eigenvalue weighted by Crippen LogP contribution is 2.05. The van der Waals surface area contributed by atoms with Gasteiger partial charge in [-0.3, -0.25) is 9.69 Å². The number of carbonyl (C=O) groups is 1. The van der Waals surface area contributed by atoms with E-state index >= 15 is 0 Å². The number of aryl methyl sites for hydroxylation is 1. The quantitative estimate of drug-likeness (QED) is 0.763. The van der Waals surface area contributed by atoms with Crippen molar-refractivity contribution in [2.75, 3.05) is 39.4 Å². The van der Waals surface area contributed by atoms with Crippen molar-refractivity contribution >= 4 is 5.91 Å². The standard InChI is InChI=1S/C16H25N3O2/c17-12-15(7-6-14-4-2-1-3-5-14)18-16(20)13-19-8-10-21-11-9-19/h1-5,15H,6-13,17H2,(H,18,20)/t15-/m0/s1. The van der Waals surface area contributed by atoms with Crippen LogP contribution in [-0.4, -0.2) is 56.2 Å². The van der Waals surface area contributed by atoms with Gasteiger partial charge >= 0.3 is 0 Å². The van der Waals surface area contributed by atoms with E-state index in [1.807, 2.05) is 18.2 Å². The lowest BCUT2D eigenvalue weighted by Gasteiger charge is -2.27. The number of morpholine rings is 1. The first kappa shape index (κ1) is 15.9. The van der Waals surface area contributed by atoms with E-state index in [4.69, 9.17) is 10.5 Å². The van der Waals surface area contributed by atoms with Crippen LogP contribution in [0.2, 0.25) is 0 Å². The monoisotopic (exact) mass is 291 g/mol. The summed E-state index contributed by atoms with van der Waals surface area (Å²) in [6.07, 6.45) is 1.80. The van der Waals surface area contributed by atoms with Crippen LogP contribution in [0.25, 0.3) is 0 Å². The second-order valence-corrected chi connectivity index (χ2v) is 5.41. The van der Waals surface area contributed by atoms with Gasteiger partial charge in [-0.15, -0.1) is 0 Å². The summed E-state index contributed by atoms with van der Waals surface area (Å²) in [7, 11) is 0. The third-order valence-electron chi connectivity index (χ3n) is 3.74. The van der Waals surface area contributed by atoms with E-state index < -0.39 is 0 Å². The summed E-state index contributed by atoms with van der Waals surface area (Å²) in [4.78, 5) is 14.2. The SMILES string of the molecule is NC[C@H](CCc1ccccc1)NC(=O)CN1CCOCC1. The molecular weight excluding hydrogens is 266 g/mol. The fraction of sp³-hybridized carbons (Fsp3) is 0.562. The third-order valence-corrected chi connectivity index (χ3v) is 3.74. The maximum Gasteiger partial charge on any atom is 0.234 e. The minimum atomic E-state index is 0.0405. The van der Waals surface area contributed by atoms with Crippen LogP contribution < -0.4 is 11.1 Å². The molecule has 0 spiro atoms. The molecule has 0 aliphatic carbocycles. The Bertz CT molecular complexity index is 419. The first-order valence-corrected chi connectivity index (χ1v) is 7.61. The molecule has 0 saturated carbocycles. The van der Waals surface area contributed by atoms with Crippen molar-refractivity contribution in [2.45, 2.75) is 18.9 Å². The topological polar surface area (TPSA) is 67.6 Å². The fourth-order valence-electron chi connectivity index (χ4n) is 2.47. The Hall–Kier alpha value is -1.43. The Morgan fingerprint density at radius 1 is 1.29 bits per heavy atom. The molecule has 5 heteroatoms. The molecule has 116 valence electrons. The average Bonchev–Trinajstić information content (AvgIpc) is 2.53. The van der Waals surface area contributed by atoms with Gasteiger partial charge in [0.05, 0.1) is 19.8 Å². The smallest absolute Gasteiger partial charge is 0.234 e. The zero-order valence-electron chi connectivity index (χ0n) is 12.5. The second-order valence-electron chi connectivity index (χ2n) is 5.41. The van der Waals surface area contributed by atoms with Crippen LogP contribution >= 0.6 is 0 Å². The molecule has 1 saturated heterocycles. The Kier molecular flexibility index (Phi) is 6.66. The average molecular weight is 291 g/mol. The maximum absolute atomic E-state index is 12.0. The van der Waals surface area contributed by atoms with Crippen molar-refractivity contribution in [1.29, 1.82) is 0 Å². The lowest BCUT2D eigenvalue weighted by atomic mass is 10.1. The van der Waals surface area contributed by atoms with Gasteiger partial charge in [0, 0.05) is 25.7 Å².